The fraction of sp³-hybridized carbons (Fsp3) is 0.357. The number of nitrogen functional groups attached to an aromatic ring is 1. The van der Waals surface area contributed by atoms with Crippen molar-refractivity contribution in [3.05, 3.63) is 35.0 Å². The summed E-state index contributed by atoms with van der Waals surface area (Å²) in [4.78, 5) is 0. The number of anilines is 1. The third kappa shape index (κ3) is 3.01. The summed E-state index contributed by atoms with van der Waals surface area (Å²) in [7, 11) is 1.59. The second-order valence-corrected chi connectivity index (χ2v) is 5.30. The van der Waals surface area contributed by atoms with Crippen molar-refractivity contribution in [2.75, 3.05) is 12.8 Å². The molecule has 0 aliphatic carbocycles. The van der Waals surface area contributed by atoms with E-state index in [-0.39, 0.29) is 0 Å². The lowest BCUT2D eigenvalue weighted by Gasteiger charge is -2.07. The van der Waals surface area contributed by atoms with Gasteiger partial charge in [-0.1, -0.05) is 25.4 Å². The number of rotatable bonds is 4. The van der Waals surface area contributed by atoms with E-state index in [2.05, 4.69) is 18.9 Å². The first-order chi connectivity index (χ1) is 9.01. The maximum absolute atomic E-state index is 6.12. The van der Waals surface area contributed by atoms with Crippen molar-refractivity contribution in [1.29, 1.82) is 0 Å². The number of methoxy groups -OCH3 is 1. The summed E-state index contributed by atoms with van der Waals surface area (Å²) in [5.41, 5.74) is 7.81. The molecular formula is C14H18ClN3O. The SMILES string of the molecule is COc1ccc(-n2nc(CC(C)C)cc2N)cc1Cl. The average molecular weight is 280 g/mol. The van der Waals surface area contributed by atoms with Gasteiger partial charge in [0.2, 0.25) is 0 Å². The van der Waals surface area contributed by atoms with Crippen LogP contribution in [0.1, 0.15) is 19.5 Å². The number of nitrogens with zero attached hydrogens (tertiary/aromatic N) is 2. The highest BCUT2D eigenvalue weighted by atomic mass is 35.5. The van der Waals surface area contributed by atoms with Gasteiger partial charge in [-0.2, -0.15) is 5.10 Å². The Morgan fingerprint density at radius 2 is 2.11 bits per heavy atom. The van der Waals surface area contributed by atoms with E-state index in [0.717, 1.165) is 17.8 Å². The summed E-state index contributed by atoms with van der Waals surface area (Å²) in [5.74, 6) is 1.79. The average Bonchev–Trinajstić information content (AvgIpc) is 2.69. The summed E-state index contributed by atoms with van der Waals surface area (Å²) in [6.07, 6.45) is 0.904. The van der Waals surface area contributed by atoms with Crippen LogP contribution in [0.2, 0.25) is 5.02 Å². The summed E-state index contributed by atoms with van der Waals surface area (Å²) in [6, 6.07) is 7.38. The first-order valence-electron chi connectivity index (χ1n) is 6.19. The van der Waals surface area contributed by atoms with Crippen LogP contribution in [0, 0.1) is 5.92 Å². The number of aromatic nitrogens is 2. The number of halogens is 1. The van der Waals surface area contributed by atoms with Gasteiger partial charge in [0.05, 0.1) is 23.5 Å². The number of hydrogen-bond donors (Lipinski definition) is 1. The molecule has 0 unspecified atom stereocenters. The predicted molar refractivity (Wildman–Crippen MR) is 78.1 cm³/mol. The van der Waals surface area contributed by atoms with Gasteiger partial charge in [0.25, 0.3) is 0 Å². The van der Waals surface area contributed by atoms with Crippen LogP contribution in [0.4, 0.5) is 5.82 Å². The largest absolute Gasteiger partial charge is 0.495 e. The van der Waals surface area contributed by atoms with E-state index < -0.39 is 0 Å². The lowest BCUT2D eigenvalue weighted by atomic mass is 10.1. The molecule has 2 aromatic rings. The Labute approximate surface area is 118 Å². The molecule has 0 saturated carbocycles. The third-order valence-electron chi connectivity index (χ3n) is 2.78. The van der Waals surface area contributed by atoms with E-state index in [4.69, 9.17) is 22.1 Å². The van der Waals surface area contributed by atoms with Crippen molar-refractivity contribution in [3.8, 4) is 11.4 Å². The van der Waals surface area contributed by atoms with Crippen LogP contribution in [-0.2, 0) is 6.42 Å². The Bertz CT molecular complexity index is 578. The summed E-state index contributed by atoms with van der Waals surface area (Å²) >= 11 is 6.12. The van der Waals surface area contributed by atoms with Gasteiger partial charge in [-0.05, 0) is 30.5 Å². The van der Waals surface area contributed by atoms with Crippen LogP contribution in [-0.4, -0.2) is 16.9 Å². The minimum absolute atomic E-state index is 0.542. The zero-order valence-electron chi connectivity index (χ0n) is 11.4. The van der Waals surface area contributed by atoms with Gasteiger partial charge in [0, 0.05) is 6.07 Å². The molecule has 0 amide bonds. The van der Waals surface area contributed by atoms with E-state index in [1.54, 1.807) is 23.9 Å². The van der Waals surface area contributed by atoms with Crippen LogP contribution in [0.25, 0.3) is 5.69 Å². The topological polar surface area (TPSA) is 53.1 Å². The molecule has 4 nitrogen and oxygen atoms in total. The van der Waals surface area contributed by atoms with Gasteiger partial charge in [-0.15, -0.1) is 0 Å². The Balaban J connectivity index is 2.36. The van der Waals surface area contributed by atoms with E-state index >= 15 is 0 Å². The Morgan fingerprint density at radius 3 is 2.68 bits per heavy atom. The molecule has 2 N–H and O–H groups in total. The van der Waals surface area contributed by atoms with Crippen molar-refractivity contribution in [1.82, 2.24) is 9.78 Å². The van der Waals surface area contributed by atoms with Crippen LogP contribution < -0.4 is 10.5 Å². The quantitative estimate of drug-likeness (QED) is 0.934. The molecule has 0 radical (unpaired) electrons. The van der Waals surface area contributed by atoms with Gasteiger partial charge in [0.15, 0.2) is 0 Å². The molecule has 2 rings (SSSR count). The van der Waals surface area contributed by atoms with Crippen molar-refractivity contribution in [2.45, 2.75) is 20.3 Å². The number of ether oxygens (including phenoxy) is 1. The molecule has 0 atom stereocenters. The standard InChI is InChI=1S/C14H18ClN3O/c1-9(2)6-10-7-14(16)18(17-10)11-4-5-13(19-3)12(15)8-11/h4-5,7-9H,6,16H2,1-3H3. The van der Waals surface area contributed by atoms with Crippen LogP contribution >= 0.6 is 11.6 Å². The Morgan fingerprint density at radius 1 is 1.37 bits per heavy atom. The van der Waals surface area contributed by atoms with Crippen molar-refractivity contribution >= 4 is 17.4 Å². The maximum Gasteiger partial charge on any atom is 0.137 e. The zero-order chi connectivity index (χ0) is 14.0. The molecule has 1 aromatic heterocycles. The van der Waals surface area contributed by atoms with E-state index in [1.165, 1.54) is 0 Å². The van der Waals surface area contributed by atoms with Gasteiger partial charge >= 0.3 is 0 Å². The molecule has 0 spiro atoms. The summed E-state index contributed by atoms with van der Waals surface area (Å²) < 4.78 is 6.83. The summed E-state index contributed by atoms with van der Waals surface area (Å²) in [6.45, 7) is 4.30. The minimum Gasteiger partial charge on any atom is -0.495 e. The smallest absolute Gasteiger partial charge is 0.137 e. The highest BCUT2D eigenvalue weighted by Gasteiger charge is 2.10. The third-order valence-corrected chi connectivity index (χ3v) is 3.08. The van der Waals surface area contributed by atoms with Gasteiger partial charge in [0.1, 0.15) is 11.6 Å². The Hall–Kier alpha value is -1.68. The molecule has 0 saturated heterocycles. The molecule has 102 valence electrons. The fourth-order valence-electron chi connectivity index (χ4n) is 1.96. The minimum atomic E-state index is 0.542. The molecule has 1 heterocycles. The molecule has 0 aliphatic heterocycles. The monoisotopic (exact) mass is 279 g/mol. The van der Waals surface area contributed by atoms with Crippen molar-refractivity contribution < 1.29 is 4.74 Å². The lowest BCUT2D eigenvalue weighted by Crippen LogP contribution is -2.03. The highest BCUT2D eigenvalue weighted by Crippen LogP contribution is 2.27. The number of hydrogen-bond acceptors (Lipinski definition) is 3. The molecular weight excluding hydrogens is 262 g/mol. The lowest BCUT2D eigenvalue weighted by molar-refractivity contribution is 0.415. The van der Waals surface area contributed by atoms with Crippen LogP contribution in [0.3, 0.4) is 0 Å². The molecule has 19 heavy (non-hydrogen) atoms. The first-order valence-corrected chi connectivity index (χ1v) is 6.57. The van der Waals surface area contributed by atoms with E-state index in [9.17, 15) is 0 Å². The molecule has 0 bridgehead atoms. The maximum atomic E-state index is 6.12. The predicted octanol–water partition coefficient (Wildman–Crippen LogP) is 3.32. The zero-order valence-corrected chi connectivity index (χ0v) is 12.1. The highest BCUT2D eigenvalue weighted by molar-refractivity contribution is 6.32. The van der Waals surface area contributed by atoms with Crippen molar-refractivity contribution in [3.63, 3.8) is 0 Å². The van der Waals surface area contributed by atoms with E-state index in [0.29, 0.717) is 22.5 Å². The fourth-order valence-corrected chi connectivity index (χ4v) is 2.21. The van der Waals surface area contributed by atoms with Gasteiger partial charge in [-0.3, -0.25) is 0 Å². The van der Waals surface area contributed by atoms with Gasteiger partial charge in [-0.25, -0.2) is 4.68 Å². The number of benzene rings is 1. The number of nitrogens with two attached hydrogens (primary N) is 1. The van der Waals surface area contributed by atoms with Crippen LogP contribution in [0.5, 0.6) is 5.75 Å². The molecule has 5 heteroatoms. The van der Waals surface area contributed by atoms with E-state index in [1.807, 2.05) is 12.1 Å². The first kappa shape index (κ1) is 13.7. The second-order valence-electron chi connectivity index (χ2n) is 4.89. The summed E-state index contributed by atoms with van der Waals surface area (Å²) in [5, 5.41) is 5.05. The normalized spacial score (nSPS) is 11.0. The van der Waals surface area contributed by atoms with Gasteiger partial charge < -0.3 is 10.5 Å². The molecule has 1 aromatic carbocycles. The van der Waals surface area contributed by atoms with Crippen LogP contribution in [0.15, 0.2) is 24.3 Å². The molecule has 0 aliphatic rings. The second kappa shape index (κ2) is 5.53. The Kier molecular flexibility index (Phi) is 4.00. The molecule has 0 fully saturated rings. The van der Waals surface area contributed by atoms with Crippen molar-refractivity contribution in [2.24, 2.45) is 5.92 Å².